The minimum absolute atomic E-state index is 0.504. The molecule has 1 heterocycles. The van der Waals surface area contributed by atoms with Crippen LogP contribution < -0.4 is 10.2 Å². The maximum absolute atomic E-state index is 6.13. The highest BCUT2D eigenvalue weighted by atomic mass is 35.5. The van der Waals surface area contributed by atoms with Crippen molar-refractivity contribution >= 4 is 17.3 Å². The first-order valence-corrected chi connectivity index (χ1v) is 6.72. The van der Waals surface area contributed by atoms with Gasteiger partial charge in [0.25, 0.3) is 0 Å². The van der Waals surface area contributed by atoms with Gasteiger partial charge in [-0.25, -0.2) is 0 Å². The van der Waals surface area contributed by atoms with Gasteiger partial charge in [-0.2, -0.15) is 0 Å². The first kappa shape index (κ1) is 12.7. The highest BCUT2D eigenvalue weighted by Crippen LogP contribution is 2.29. The number of nitrogens with zero attached hydrogens (tertiary/aromatic N) is 1. The average molecular weight is 253 g/mol. The lowest BCUT2D eigenvalue weighted by atomic mass is 10.1. The van der Waals surface area contributed by atoms with Crippen LogP contribution in [0.3, 0.4) is 0 Å². The Morgan fingerprint density at radius 3 is 2.82 bits per heavy atom. The second kappa shape index (κ2) is 5.28. The summed E-state index contributed by atoms with van der Waals surface area (Å²) in [6.07, 6.45) is 1.18. The minimum Gasteiger partial charge on any atom is -0.365 e. The molecule has 1 aliphatic rings. The molecule has 17 heavy (non-hydrogen) atoms. The third-order valence-electron chi connectivity index (χ3n) is 3.58. The smallest absolute Gasteiger partial charge is 0.0426 e. The van der Waals surface area contributed by atoms with Crippen LogP contribution in [-0.4, -0.2) is 25.2 Å². The molecule has 0 bridgehead atoms. The Morgan fingerprint density at radius 2 is 2.06 bits per heavy atom. The van der Waals surface area contributed by atoms with E-state index in [1.807, 2.05) is 6.07 Å². The van der Waals surface area contributed by atoms with E-state index >= 15 is 0 Å². The van der Waals surface area contributed by atoms with E-state index in [2.05, 4.69) is 43.1 Å². The molecule has 94 valence electrons. The Bertz CT molecular complexity index is 380. The fourth-order valence-corrected chi connectivity index (χ4v) is 2.80. The first-order chi connectivity index (χ1) is 8.09. The SMILES string of the molecule is Cc1ccc(Cl)cc1N1C(C)CCNCC1C. The summed E-state index contributed by atoms with van der Waals surface area (Å²) in [5, 5.41) is 4.31. The number of hydrogen-bond acceptors (Lipinski definition) is 2. The van der Waals surface area contributed by atoms with Crippen molar-refractivity contribution < 1.29 is 0 Å². The summed E-state index contributed by atoms with van der Waals surface area (Å²) in [5.74, 6) is 0. The Morgan fingerprint density at radius 1 is 1.29 bits per heavy atom. The fraction of sp³-hybridized carbons (Fsp3) is 0.571. The molecule has 1 saturated heterocycles. The van der Waals surface area contributed by atoms with Crippen molar-refractivity contribution in [3.8, 4) is 0 Å². The zero-order valence-corrected chi connectivity index (χ0v) is 11.6. The Labute approximate surface area is 109 Å². The summed E-state index contributed by atoms with van der Waals surface area (Å²) >= 11 is 6.13. The van der Waals surface area contributed by atoms with Crippen LogP contribution in [0.2, 0.25) is 5.02 Å². The highest BCUT2D eigenvalue weighted by Gasteiger charge is 2.24. The van der Waals surface area contributed by atoms with E-state index in [1.54, 1.807) is 0 Å². The molecule has 2 atom stereocenters. The zero-order valence-electron chi connectivity index (χ0n) is 10.8. The zero-order chi connectivity index (χ0) is 12.4. The lowest BCUT2D eigenvalue weighted by molar-refractivity contribution is 0.574. The lowest BCUT2D eigenvalue weighted by Gasteiger charge is -2.35. The summed E-state index contributed by atoms with van der Waals surface area (Å²) in [4.78, 5) is 2.50. The van der Waals surface area contributed by atoms with E-state index in [1.165, 1.54) is 17.7 Å². The third-order valence-corrected chi connectivity index (χ3v) is 3.81. The van der Waals surface area contributed by atoms with Gasteiger partial charge in [0.1, 0.15) is 0 Å². The van der Waals surface area contributed by atoms with Crippen molar-refractivity contribution in [2.75, 3.05) is 18.0 Å². The maximum atomic E-state index is 6.13. The molecule has 2 rings (SSSR count). The van der Waals surface area contributed by atoms with Gasteiger partial charge in [0.2, 0.25) is 0 Å². The van der Waals surface area contributed by atoms with Crippen molar-refractivity contribution in [1.82, 2.24) is 5.32 Å². The number of rotatable bonds is 1. The summed E-state index contributed by atoms with van der Waals surface area (Å²) < 4.78 is 0. The van der Waals surface area contributed by atoms with Crippen molar-refractivity contribution in [3.63, 3.8) is 0 Å². The van der Waals surface area contributed by atoms with E-state index in [4.69, 9.17) is 11.6 Å². The van der Waals surface area contributed by atoms with Crippen LogP contribution in [-0.2, 0) is 0 Å². The van der Waals surface area contributed by atoms with Crippen LogP contribution in [0.25, 0.3) is 0 Å². The molecule has 1 fully saturated rings. The maximum Gasteiger partial charge on any atom is 0.0426 e. The van der Waals surface area contributed by atoms with Crippen LogP contribution in [0.15, 0.2) is 18.2 Å². The molecule has 0 radical (unpaired) electrons. The monoisotopic (exact) mass is 252 g/mol. The van der Waals surface area contributed by atoms with Crippen LogP contribution in [0.1, 0.15) is 25.8 Å². The first-order valence-electron chi connectivity index (χ1n) is 6.35. The van der Waals surface area contributed by atoms with E-state index in [0.717, 1.165) is 18.1 Å². The van der Waals surface area contributed by atoms with E-state index in [0.29, 0.717) is 12.1 Å². The van der Waals surface area contributed by atoms with Gasteiger partial charge in [0, 0.05) is 29.3 Å². The standard InChI is InChI=1S/C14H21ClN2/c1-10-4-5-13(15)8-14(10)17-11(2)6-7-16-9-12(17)3/h4-5,8,11-12,16H,6-7,9H2,1-3H3. The molecule has 2 unspecified atom stereocenters. The van der Waals surface area contributed by atoms with Gasteiger partial charge < -0.3 is 10.2 Å². The molecular weight excluding hydrogens is 232 g/mol. The number of halogens is 1. The Hall–Kier alpha value is -0.730. The molecule has 1 aromatic carbocycles. The molecule has 1 N–H and O–H groups in total. The molecule has 1 aromatic rings. The molecule has 0 saturated carbocycles. The van der Waals surface area contributed by atoms with Crippen molar-refractivity contribution in [2.24, 2.45) is 0 Å². The summed E-state index contributed by atoms with van der Waals surface area (Å²) in [6.45, 7) is 8.86. The second-order valence-corrected chi connectivity index (χ2v) is 5.47. The number of nitrogens with one attached hydrogen (secondary N) is 1. The third kappa shape index (κ3) is 2.75. The van der Waals surface area contributed by atoms with Crippen molar-refractivity contribution in [1.29, 1.82) is 0 Å². The molecular formula is C14H21ClN2. The quantitative estimate of drug-likeness (QED) is 0.826. The van der Waals surface area contributed by atoms with Gasteiger partial charge in [-0.3, -0.25) is 0 Å². The summed E-state index contributed by atoms with van der Waals surface area (Å²) in [5.41, 5.74) is 2.58. The highest BCUT2D eigenvalue weighted by molar-refractivity contribution is 6.30. The summed E-state index contributed by atoms with van der Waals surface area (Å²) in [6, 6.07) is 7.22. The van der Waals surface area contributed by atoms with Crippen molar-refractivity contribution in [3.05, 3.63) is 28.8 Å². The van der Waals surface area contributed by atoms with Crippen LogP contribution in [0.4, 0.5) is 5.69 Å². The predicted octanol–water partition coefficient (Wildman–Crippen LogP) is 3.23. The number of anilines is 1. The van der Waals surface area contributed by atoms with E-state index < -0.39 is 0 Å². The van der Waals surface area contributed by atoms with Crippen LogP contribution >= 0.6 is 11.6 Å². The molecule has 1 aliphatic heterocycles. The van der Waals surface area contributed by atoms with Gasteiger partial charge in [0.15, 0.2) is 0 Å². The van der Waals surface area contributed by atoms with E-state index in [9.17, 15) is 0 Å². The molecule has 0 aromatic heterocycles. The summed E-state index contributed by atoms with van der Waals surface area (Å²) in [7, 11) is 0. The van der Waals surface area contributed by atoms with Crippen molar-refractivity contribution in [2.45, 2.75) is 39.3 Å². The second-order valence-electron chi connectivity index (χ2n) is 5.03. The molecule has 3 heteroatoms. The van der Waals surface area contributed by atoms with Crippen LogP contribution in [0.5, 0.6) is 0 Å². The van der Waals surface area contributed by atoms with Crippen LogP contribution in [0, 0.1) is 6.92 Å². The topological polar surface area (TPSA) is 15.3 Å². The molecule has 0 spiro atoms. The van der Waals surface area contributed by atoms with E-state index in [-0.39, 0.29) is 0 Å². The largest absolute Gasteiger partial charge is 0.365 e. The Balaban J connectivity index is 2.37. The minimum atomic E-state index is 0.504. The van der Waals surface area contributed by atoms with Gasteiger partial charge in [-0.15, -0.1) is 0 Å². The molecule has 2 nitrogen and oxygen atoms in total. The van der Waals surface area contributed by atoms with Gasteiger partial charge in [-0.05, 0) is 51.4 Å². The predicted molar refractivity (Wildman–Crippen MR) is 75.1 cm³/mol. The molecule has 0 amide bonds. The molecule has 0 aliphatic carbocycles. The average Bonchev–Trinajstić information content (AvgIpc) is 2.44. The number of aryl methyl sites for hydroxylation is 1. The Kier molecular flexibility index (Phi) is 3.95. The van der Waals surface area contributed by atoms with Gasteiger partial charge in [-0.1, -0.05) is 17.7 Å². The number of hydrogen-bond donors (Lipinski definition) is 1. The fourth-order valence-electron chi connectivity index (χ4n) is 2.63. The normalized spacial score (nSPS) is 25.8. The number of benzene rings is 1. The van der Waals surface area contributed by atoms with Gasteiger partial charge in [0.05, 0.1) is 0 Å². The van der Waals surface area contributed by atoms with Gasteiger partial charge >= 0.3 is 0 Å². The lowest BCUT2D eigenvalue weighted by Crippen LogP contribution is -2.42.